The second kappa shape index (κ2) is 4.06. The van der Waals surface area contributed by atoms with Gasteiger partial charge in [-0.25, -0.2) is 4.98 Å². The number of aromatic nitrogens is 2. The van der Waals surface area contributed by atoms with Crippen molar-refractivity contribution >= 4 is 32.5 Å². The quantitative estimate of drug-likeness (QED) is 0.829. The molecule has 1 N–H and O–H groups in total. The maximum absolute atomic E-state index is 4.64. The molecule has 16 heavy (non-hydrogen) atoms. The summed E-state index contributed by atoms with van der Waals surface area (Å²) in [7, 11) is 0. The highest BCUT2D eigenvalue weighted by atomic mass is 79.9. The van der Waals surface area contributed by atoms with Crippen molar-refractivity contribution in [1.29, 1.82) is 0 Å². The number of H-pyrrole nitrogens is 1. The van der Waals surface area contributed by atoms with Crippen molar-refractivity contribution in [1.82, 2.24) is 9.97 Å². The van der Waals surface area contributed by atoms with Gasteiger partial charge in [-0.3, -0.25) is 0 Å². The van der Waals surface area contributed by atoms with Crippen LogP contribution in [0, 0.1) is 0 Å². The van der Waals surface area contributed by atoms with Gasteiger partial charge in [0.2, 0.25) is 0 Å². The average molecular weight is 277 g/mol. The fourth-order valence-corrected chi connectivity index (χ4v) is 2.88. The Labute approximate surface area is 103 Å². The number of fused-ring (bicyclic) bond motifs is 1. The Morgan fingerprint density at radius 2 is 1.94 bits per heavy atom. The minimum absolute atomic E-state index is 1.03. The van der Waals surface area contributed by atoms with Crippen LogP contribution in [0.15, 0.2) is 28.7 Å². The van der Waals surface area contributed by atoms with Crippen molar-refractivity contribution in [3.63, 3.8) is 0 Å². The summed E-state index contributed by atoms with van der Waals surface area (Å²) in [5.74, 6) is 1.03. The fourth-order valence-electron chi connectivity index (χ4n) is 2.21. The molecule has 1 aliphatic rings. The molecular weight excluding hydrogens is 264 g/mol. The van der Waals surface area contributed by atoms with Crippen LogP contribution in [0.2, 0.25) is 0 Å². The Kier molecular flexibility index (Phi) is 2.56. The Hall–Kier alpha value is -1.09. The molecule has 1 aromatic carbocycles. The van der Waals surface area contributed by atoms with Gasteiger partial charge in [0.15, 0.2) is 0 Å². The average Bonchev–Trinajstić information content (AvgIpc) is 2.73. The van der Waals surface area contributed by atoms with Crippen molar-refractivity contribution in [2.24, 2.45) is 0 Å². The predicted octanol–water partition coefficient (Wildman–Crippen LogP) is 4.24. The van der Waals surface area contributed by atoms with Crippen LogP contribution >= 0.6 is 15.9 Å². The SMILES string of the molecule is BrC1=C(c2nc3ccccc3[nH]2)CCCC1. The third-order valence-electron chi connectivity index (χ3n) is 3.08. The zero-order valence-electron chi connectivity index (χ0n) is 8.96. The molecule has 3 rings (SSSR count). The highest BCUT2D eigenvalue weighted by Gasteiger charge is 2.15. The molecule has 0 bridgehead atoms. The number of nitrogens with zero attached hydrogens (tertiary/aromatic N) is 1. The van der Waals surface area contributed by atoms with E-state index >= 15 is 0 Å². The van der Waals surface area contributed by atoms with E-state index in [1.165, 1.54) is 22.9 Å². The van der Waals surface area contributed by atoms with Crippen LogP contribution in [-0.2, 0) is 0 Å². The lowest BCUT2D eigenvalue weighted by atomic mass is 9.99. The van der Waals surface area contributed by atoms with Crippen LogP contribution in [0.4, 0.5) is 0 Å². The fraction of sp³-hybridized carbons (Fsp3) is 0.308. The van der Waals surface area contributed by atoms with E-state index in [2.05, 4.69) is 32.0 Å². The van der Waals surface area contributed by atoms with E-state index in [-0.39, 0.29) is 0 Å². The van der Waals surface area contributed by atoms with Crippen LogP contribution in [0.3, 0.4) is 0 Å². The van der Waals surface area contributed by atoms with E-state index in [9.17, 15) is 0 Å². The van der Waals surface area contributed by atoms with Crippen molar-refractivity contribution < 1.29 is 0 Å². The molecular formula is C13H13BrN2. The molecule has 1 aliphatic carbocycles. The first-order chi connectivity index (χ1) is 7.84. The molecule has 3 heteroatoms. The van der Waals surface area contributed by atoms with E-state index in [0.717, 1.165) is 29.7 Å². The van der Waals surface area contributed by atoms with Gasteiger partial charge in [-0.2, -0.15) is 0 Å². The molecule has 0 aliphatic heterocycles. The van der Waals surface area contributed by atoms with Crippen LogP contribution in [0.5, 0.6) is 0 Å². The molecule has 1 aromatic heterocycles. The van der Waals surface area contributed by atoms with Crippen molar-refractivity contribution in [3.05, 3.63) is 34.6 Å². The van der Waals surface area contributed by atoms with Crippen LogP contribution < -0.4 is 0 Å². The second-order valence-corrected chi connectivity index (χ2v) is 5.15. The summed E-state index contributed by atoms with van der Waals surface area (Å²) in [4.78, 5) is 8.04. The standard InChI is InChI=1S/C13H13BrN2/c14-10-6-2-1-5-9(10)13-15-11-7-3-4-8-12(11)16-13/h3-4,7-8H,1-2,5-6H2,(H,15,16). The summed E-state index contributed by atoms with van der Waals surface area (Å²) in [6, 6.07) is 8.18. The topological polar surface area (TPSA) is 28.7 Å². The smallest absolute Gasteiger partial charge is 0.135 e. The van der Waals surface area contributed by atoms with E-state index in [4.69, 9.17) is 0 Å². The van der Waals surface area contributed by atoms with Gasteiger partial charge >= 0.3 is 0 Å². The van der Waals surface area contributed by atoms with E-state index in [1.807, 2.05) is 18.2 Å². The van der Waals surface area contributed by atoms with Gasteiger partial charge in [-0.15, -0.1) is 0 Å². The van der Waals surface area contributed by atoms with Crippen molar-refractivity contribution in [2.45, 2.75) is 25.7 Å². The minimum atomic E-state index is 1.03. The summed E-state index contributed by atoms with van der Waals surface area (Å²) in [5, 5.41) is 0. The molecule has 2 aromatic rings. The predicted molar refractivity (Wildman–Crippen MR) is 70.4 cm³/mol. The molecule has 1 heterocycles. The van der Waals surface area contributed by atoms with E-state index < -0.39 is 0 Å². The number of allylic oxidation sites excluding steroid dienone is 2. The summed E-state index contributed by atoms with van der Waals surface area (Å²) in [6.45, 7) is 0. The third-order valence-corrected chi connectivity index (χ3v) is 3.95. The highest BCUT2D eigenvalue weighted by Crippen LogP contribution is 2.34. The number of hydrogen-bond acceptors (Lipinski definition) is 1. The zero-order valence-corrected chi connectivity index (χ0v) is 10.5. The maximum atomic E-state index is 4.64. The van der Waals surface area contributed by atoms with Gasteiger partial charge < -0.3 is 4.98 Å². The molecule has 0 radical (unpaired) electrons. The summed E-state index contributed by atoms with van der Waals surface area (Å²) in [5.41, 5.74) is 3.52. The molecule has 0 spiro atoms. The zero-order chi connectivity index (χ0) is 11.0. The number of imidazole rings is 1. The van der Waals surface area contributed by atoms with E-state index in [1.54, 1.807) is 0 Å². The van der Waals surface area contributed by atoms with Gasteiger partial charge in [0.05, 0.1) is 11.0 Å². The van der Waals surface area contributed by atoms with Gasteiger partial charge in [0, 0.05) is 10.1 Å². The second-order valence-electron chi connectivity index (χ2n) is 4.19. The first-order valence-electron chi connectivity index (χ1n) is 5.67. The highest BCUT2D eigenvalue weighted by molar-refractivity contribution is 9.11. The van der Waals surface area contributed by atoms with E-state index in [0.29, 0.717) is 0 Å². The van der Waals surface area contributed by atoms with Gasteiger partial charge in [-0.05, 0) is 37.8 Å². The monoisotopic (exact) mass is 276 g/mol. The van der Waals surface area contributed by atoms with Crippen LogP contribution in [-0.4, -0.2) is 9.97 Å². The van der Waals surface area contributed by atoms with Crippen LogP contribution in [0.25, 0.3) is 16.6 Å². The molecule has 0 unspecified atom stereocenters. The van der Waals surface area contributed by atoms with Gasteiger partial charge in [0.25, 0.3) is 0 Å². The third kappa shape index (κ3) is 1.69. The molecule has 0 atom stereocenters. The number of nitrogens with one attached hydrogen (secondary N) is 1. The Morgan fingerprint density at radius 3 is 2.75 bits per heavy atom. The maximum Gasteiger partial charge on any atom is 0.135 e. The summed E-state index contributed by atoms with van der Waals surface area (Å²) in [6.07, 6.45) is 4.82. The normalized spacial score (nSPS) is 17.1. The number of hydrogen-bond donors (Lipinski definition) is 1. The molecule has 0 saturated carbocycles. The Bertz CT molecular complexity index is 521. The number of benzene rings is 1. The first-order valence-corrected chi connectivity index (χ1v) is 6.46. The number of halogens is 1. The first kappa shape index (κ1) is 10.1. The lowest BCUT2D eigenvalue weighted by Gasteiger charge is -2.13. The number of para-hydroxylation sites is 2. The molecule has 0 saturated heterocycles. The number of rotatable bonds is 1. The van der Waals surface area contributed by atoms with Gasteiger partial charge in [-0.1, -0.05) is 28.1 Å². The molecule has 2 nitrogen and oxygen atoms in total. The largest absolute Gasteiger partial charge is 0.338 e. The summed E-state index contributed by atoms with van der Waals surface area (Å²) >= 11 is 3.67. The Morgan fingerprint density at radius 1 is 1.12 bits per heavy atom. The lowest BCUT2D eigenvalue weighted by molar-refractivity contribution is 0.733. The summed E-state index contributed by atoms with van der Waals surface area (Å²) < 4.78 is 1.32. The van der Waals surface area contributed by atoms with Crippen molar-refractivity contribution in [2.75, 3.05) is 0 Å². The minimum Gasteiger partial charge on any atom is -0.338 e. The molecule has 82 valence electrons. The molecule has 0 amide bonds. The Balaban J connectivity index is 2.12. The number of aromatic amines is 1. The van der Waals surface area contributed by atoms with Crippen LogP contribution in [0.1, 0.15) is 31.5 Å². The van der Waals surface area contributed by atoms with Crippen molar-refractivity contribution in [3.8, 4) is 0 Å². The lowest BCUT2D eigenvalue weighted by Crippen LogP contribution is -1.96. The van der Waals surface area contributed by atoms with Gasteiger partial charge in [0.1, 0.15) is 5.82 Å². The molecule has 0 fully saturated rings.